The highest BCUT2D eigenvalue weighted by Gasteiger charge is 2.11. The Morgan fingerprint density at radius 2 is 1.95 bits per heavy atom. The monoisotopic (exact) mass is 260 g/mol. The lowest BCUT2D eigenvalue weighted by atomic mass is 10.1. The molecule has 100 valence electrons. The molecule has 0 aliphatic heterocycles. The number of ether oxygens (including phenoxy) is 1. The van der Waals surface area contributed by atoms with Crippen LogP contribution in [0.3, 0.4) is 0 Å². The van der Waals surface area contributed by atoms with E-state index < -0.39 is 0 Å². The predicted octanol–water partition coefficient (Wildman–Crippen LogP) is 3.06. The fourth-order valence-electron chi connectivity index (χ4n) is 1.96. The van der Waals surface area contributed by atoms with E-state index in [9.17, 15) is 4.39 Å². The van der Waals surface area contributed by atoms with Crippen LogP contribution in [0.1, 0.15) is 5.56 Å². The average molecular weight is 260 g/mol. The van der Waals surface area contributed by atoms with E-state index in [-0.39, 0.29) is 12.4 Å². The molecule has 0 spiro atoms. The summed E-state index contributed by atoms with van der Waals surface area (Å²) in [5, 5.41) is 0. The second-order valence-electron chi connectivity index (χ2n) is 4.21. The molecule has 0 fully saturated rings. The van der Waals surface area contributed by atoms with E-state index >= 15 is 0 Å². The summed E-state index contributed by atoms with van der Waals surface area (Å²) < 4.78 is 19.1. The van der Waals surface area contributed by atoms with E-state index in [0.717, 1.165) is 17.1 Å². The number of methoxy groups -OCH3 is 1. The second kappa shape index (κ2) is 5.71. The van der Waals surface area contributed by atoms with Crippen LogP contribution in [-0.4, -0.2) is 14.2 Å². The minimum Gasteiger partial charge on any atom is -0.495 e. The van der Waals surface area contributed by atoms with Crippen LogP contribution >= 0.6 is 0 Å². The minimum absolute atomic E-state index is 0.199. The standard InChI is InChI=1S/C15H17FN2O/c1-18(14-5-3-4-6-15(14)19-2)12-8-7-11(10-17)13(16)9-12/h3-9H,10,17H2,1-2H3. The molecule has 0 aliphatic rings. The maximum Gasteiger partial charge on any atom is 0.142 e. The maximum atomic E-state index is 13.8. The minimum atomic E-state index is -0.290. The molecule has 2 aromatic rings. The average Bonchev–Trinajstić information content (AvgIpc) is 2.46. The molecule has 4 heteroatoms. The lowest BCUT2D eigenvalue weighted by Crippen LogP contribution is -2.11. The van der Waals surface area contributed by atoms with Crippen molar-refractivity contribution in [3.63, 3.8) is 0 Å². The maximum absolute atomic E-state index is 13.8. The van der Waals surface area contributed by atoms with E-state index in [1.165, 1.54) is 6.07 Å². The van der Waals surface area contributed by atoms with Crippen LogP contribution in [0.2, 0.25) is 0 Å². The molecular formula is C15H17FN2O. The molecule has 0 aromatic heterocycles. The molecule has 0 amide bonds. The molecular weight excluding hydrogens is 243 g/mol. The number of nitrogens with two attached hydrogens (primary N) is 1. The quantitative estimate of drug-likeness (QED) is 0.918. The number of rotatable bonds is 4. The molecule has 0 bridgehead atoms. The summed E-state index contributed by atoms with van der Waals surface area (Å²) in [6.45, 7) is 0.199. The fraction of sp³-hybridized carbons (Fsp3) is 0.200. The normalized spacial score (nSPS) is 10.3. The number of para-hydroxylation sites is 2. The molecule has 0 saturated carbocycles. The Hall–Kier alpha value is -2.07. The van der Waals surface area contributed by atoms with Gasteiger partial charge in [0.1, 0.15) is 11.6 Å². The Balaban J connectivity index is 2.38. The van der Waals surface area contributed by atoms with Gasteiger partial charge in [0.15, 0.2) is 0 Å². The van der Waals surface area contributed by atoms with Crippen molar-refractivity contribution in [3.8, 4) is 5.75 Å². The van der Waals surface area contributed by atoms with E-state index in [1.54, 1.807) is 13.2 Å². The van der Waals surface area contributed by atoms with E-state index in [4.69, 9.17) is 10.5 Å². The summed E-state index contributed by atoms with van der Waals surface area (Å²) in [4.78, 5) is 1.88. The third-order valence-electron chi connectivity index (χ3n) is 3.09. The number of nitrogens with zero attached hydrogens (tertiary/aromatic N) is 1. The van der Waals surface area contributed by atoms with Gasteiger partial charge < -0.3 is 15.4 Å². The highest BCUT2D eigenvalue weighted by atomic mass is 19.1. The van der Waals surface area contributed by atoms with E-state index in [0.29, 0.717) is 5.56 Å². The van der Waals surface area contributed by atoms with Crippen LogP contribution < -0.4 is 15.4 Å². The van der Waals surface area contributed by atoms with Crippen LogP contribution in [0.5, 0.6) is 5.75 Å². The highest BCUT2D eigenvalue weighted by Crippen LogP contribution is 2.32. The zero-order valence-electron chi connectivity index (χ0n) is 11.1. The highest BCUT2D eigenvalue weighted by molar-refractivity contribution is 5.68. The fourth-order valence-corrected chi connectivity index (χ4v) is 1.96. The summed E-state index contributed by atoms with van der Waals surface area (Å²) >= 11 is 0. The van der Waals surface area contributed by atoms with Gasteiger partial charge >= 0.3 is 0 Å². The molecule has 0 saturated heterocycles. The Morgan fingerprint density at radius 1 is 1.21 bits per heavy atom. The number of hydrogen-bond acceptors (Lipinski definition) is 3. The van der Waals surface area contributed by atoms with Gasteiger partial charge in [0.2, 0.25) is 0 Å². The Kier molecular flexibility index (Phi) is 4.02. The summed E-state index contributed by atoms with van der Waals surface area (Å²) in [7, 11) is 3.49. The number of halogens is 1. The molecule has 0 unspecified atom stereocenters. The number of anilines is 2. The van der Waals surface area contributed by atoms with Crippen LogP contribution in [0.15, 0.2) is 42.5 Å². The van der Waals surface area contributed by atoms with Crippen molar-refractivity contribution in [1.82, 2.24) is 0 Å². The van der Waals surface area contributed by atoms with Gasteiger partial charge in [-0.05, 0) is 24.3 Å². The van der Waals surface area contributed by atoms with E-state index in [2.05, 4.69) is 0 Å². The first-order valence-corrected chi connectivity index (χ1v) is 6.02. The third-order valence-corrected chi connectivity index (χ3v) is 3.09. The van der Waals surface area contributed by atoms with Gasteiger partial charge in [0.05, 0.1) is 12.8 Å². The summed E-state index contributed by atoms with van der Waals surface area (Å²) in [6.07, 6.45) is 0. The lowest BCUT2D eigenvalue weighted by molar-refractivity contribution is 0.415. The molecule has 0 aliphatic carbocycles. The van der Waals surface area contributed by atoms with Gasteiger partial charge in [-0.15, -0.1) is 0 Å². The van der Waals surface area contributed by atoms with Crippen LogP contribution in [0.25, 0.3) is 0 Å². The van der Waals surface area contributed by atoms with Crippen molar-refractivity contribution >= 4 is 11.4 Å². The van der Waals surface area contributed by atoms with Crippen molar-refractivity contribution < 1.29 is 9.13 Å². The van der Waals surface area contributed by atoms with Crippen LogP contribution in [0.4, 0.5) is 15.8 Å². The summed E-state index contributed by atoms with van der Waals surface area (Å²) in [5.74, 6) is 0.454. The van der Waals surface area contributed by atoms with Crippen molar-refractivity contribution in [2.75, 3.05) is 19.1 Å². The Labute approximate surface area is 112 Å². The predicted molar refractivity (Wildman–Crippen MR) is 75.3 cm³/mol. The topological polar surface area (TPSA) is 38.5 Å². The van der Waals surface area contributed by atoms with Gasteiger partial charge in [-0.1, -0.05) is 18.2 Å². The van der Waals surface area contributed by atoms with Crippen molar-refractivity contribution in [2.24, 2.45) is 5.73 Å². The first-order valence-electron chi connectivity index (χ1n) is 6.02. The van der Waals surface area contributed by atoms with Crippen molar-refractivity contribution in [1.29, 1.82) is 0 Å². The third kappa shape index (κ3) is 2.69. The lowest BCUT2D eigenvalue weighted by Gasteiger charge is -2.22. The molecule has 2 rings (SSSR count). The molecule has 2 aromatic carbocycles. The molecule has 2 N–H and O–H groups in total. The molecule has 19 heavy (non-hydrogen) atoms. The van der Waals surface area contributed by atoms with Crippen LogP contribution in [0, 0.1) is 5.82 Å². The number of benzene rings is 2. The van der Waals surface area contributed by atoms with Crippen molar-refractivity contribution in [2.45, 2.75) is 6.54 Å². The molecule has 0 radical (unpaired) electrons. The van der Waals surface area contributed by atoms with Crippen LogP contribution in [-0.2, 0) is 6.54 Å². The van der Waals surface area contributed by atoms with Gasteiger partial charge in [0.25, 0.3) is 0 Å². The van der Waals surface area contributed by atoms with E-state index in [1.807, 2.05) is 42.3 Å². The Bertz CT molecular complexity index is 572. The molecule has 0 atom stereocenters. The zero-order chi connectivity index (χ0) is 13.8. The summed E-state index contributed by atoms with van der Waals surface area (Å²) in [6, 6.07) is 12.6. The smallest absolute Gasteiger partial charge is 0.142 e. The zero-order valence-corrected chi connectivity index (χ0v) is 11.1. The van der Waals surface area contributed by atoms with Gasteiger partial charge in [-0.2, -0.15) is 0 Å². The van der Waals surface area contributed by atoms with Gasteiger partial charge in [-0.25, -0.2) is 4.39 Å². The SMILES string of the molecule is COc1ccccc1N(C)c1ccc(CN)c(F)c1. The van der Waals surface area contributed by atoms with Gasteiger partial charge in [0, 0.05) is 24.8 Å². The molecule has 0 heterocycles. The van der Waals surface area contributed by atoms with Gasteiger partial charge in [-0.3, -0.25) is 0 Å². The first-order chi connectivity index (χ1) is 9.17. The molecule has 3 nitrogen and oxygen atoms in total. The number of hydrogen-bond donors (Lipinski definition) is 1. The second-order valence-corrected chi connectivity index (χ2v) is 4.21. The summed E-state index contributed by atoms with van der Waals surface area (Å²) in [5.41, 5.74) is 7.60. The van der Waals surface area contributed by atoms with Crippen molar-refractivity contribution in [3.05, 3.63) is 53.8 Å². The first kappa shape index (κ1) is 13.4. The Morgan fingerprint density at radius 3 is 2.58 bits per heavy atom. The largest absolute Gasteiger partial charge is 0.495 e.